The van der Waals surface area contributed by atoms with Crippen LogP contribution < -0.4 is 10.6 Å². The molecule has 0 spiro atoms. The Morgan fingerprint density at radius 1 is 1.14 bits per heavy atom. The molecule has 2 N–H and O–H groups in total. The summed E-state index contributed by atoms with van der Waals surface area (Å²) in [7, 11) is 2.19. The highest BCUT2D eigenvalue weighted by atomic mass is 127. The van der Waals surface area contributed by atoms with E-state index >= 15 is 0 Å². The van der Waals surface area contributed by atoms with Crippen molar-refractivity contribution in [2.24, 2.45) is 10.9 Å². The zero-order valence-electron chi connectivity index (χ0n) is 17.3. The van der Waals surface area contributed by atoms with Gasteiger partial charge in [0.25, 0.3) is 0 Å². The lowest BCUT2D eigenvalue weighted by molar-refractivity contribution is 0.0900. The van der Waals surface area contributed by atoms with Crippen LogP contribution in [0.25, 0.3) is 0 Å². The van der Waals surface area contributed by atoms with Crippen molar-refractivity contribution in [3.8, 4) is 0 Å². The Hall–Kier alpha value is -0.280. The molecular weight excluding hydrogens is 508 g/mol. The van der Waals surface area contributed by atoms with Crippen LogP contribution in [0.4, 0.5) is 0 Å². The molecule has 1 heterocycles. The fraction of sp³-hybridized carbons (Fsp3) is 0.650. The summed E-state index contributed by atoms with van der Waals surface area (Å²) in [6.45, 7) is 13.4. The largest absolute Gasteiger partial charge is 0.357 e. The van der Waals surface area contributed by atoms with Crippen LogP contribution >= 0.6 is 47.2 Å². The van der Waals surface area contributed by atoms with Crippen molar-refractivity contribution in [2.45, 2.75) is 33.4 Å². The van der Waals surface area contributed by atoms with E-state index in [0.717, 1.165) is 50.8 Å². The van der Waals surface area contributed by atoms with E-state index < -0.39 is 0 Å². The topological polar surface area (TPSA) is 42.9 Å². The maximum Gasteiger partial charge on any atom is 0.191 e. The standard InChI is InChI=1S/C20H33Cl2N5.HI/c1-5-23-20(24-13-16-6-7-17(21)12-18(16)22)25-14-19(15(2)3)27-10-8-26(4)9-11-27;/h6-7,12,15,19H,5,8-11,13-14H2,1-4H3,(H2,23,24,25);1H. The van der Waals surface area contributed by atoms with E-state index in [1.807, 2.05) is 12.1 Å². The van der Waals surface area contributed by atoms with Crippen LogP contribution in [0.1, 0.15) is 26.3 Å². The molecule has 1 aliphatic heterocycles. The summed E-state index contributed by atoms with van der Waals surface area (Å²) in [6, 6.07) is 6.03. The average molecular weight is 542 g/mol. The first-order valence-corrected chi connectivity index (χ1v) is 10.5. The van der Waals surface area contributed by atoms with Crippen molar-refractivity contribution in [2.75, 3.05) is 46.3 Å². The molecule has 1 aromatic rings. The third kappa shape index (κ3) is 8.22. The van der Waals surface area contributed by atoms with Crippen molar-refractivity contribution in [1.82, 2.24) is 20.4 Å². The number of benzene rings is 1. The van der Waals surface area contributed by atoms with Gasteiger partial charge in [-0.25, -0.2) is 4.99 Å². The Balaban J connectivity index is 0.00000392. The van der Waals surface area contributed by atoms with Crippen LogP contribution in [-0.2, 0) is 6.54 Å². The molecule has 2 rings (SSSR count). The van der Waals surface area contributed by atoms with Gasteiger partial charge in [0, 0.05) is 55.4 Å². The summed E-state index contributed by atoms with van der Waals surface area (Å²) in [5.41, 5.74) is 0.970. The average Bonchev–Trinajstić information content (AvgIpc) is 2.62. The number of nitrogens with one attached hydrogen (secondary N) is 2. The second-order valence-corrected chi connectivity index (χ2v) is 8.31. The predicted octanol–water partition coefficient (Wildman–Crippen LogP) is 3.94. The predicted molar refractivity (Wildman–Crippen MR) is 132 cm³/mol. The molecule has 0 aromatic heterocycles. The van der Waals surface area contributed by atoms with Gasteiger partial charge in [0.05, 0.1) is 6.54 Å². The molecule has 1 aliphatic rings. The minimum atomic E-state index is 0. The van der Waals surface area contributed by atoms with Gasteiger partial charge in [-0.05, 0) is 37.6 Å². The number of hydrogen-bond donors (Lipinski definition) is 2. The van der Waals surface area contributed by atoms with Crippen molar-refractivity contribution in [1.29, 1.82) is 0 Å². The van der Waals surface area contributed by atoms with Crippen molar-refractivity contribution < 1.29 is 0 Å². The number of rotatable bonds is 7. The lowest BCUT2D eigenvalue weighted by Crippen LogP contribution is -2.55. The number of nitrogens with zero attached hydrogens (tertiary/aromatic N) is 3. The second kappa shape index (κ2) is 13.1. The van der Waals surface area contributed by atoms with E-state index in [2.05, 4.69) is 48.3 Å². The van der Waals surface area contributed by atoms with Gasteiger partial charge in [-0.15, -0.1) is 24.0 Å². The zero-order valence-corrected chi connectivity index (χ0v) is 21.2. The molecule has 1 fully saturated rings. The minimum absolute atomic E-state index is 0. The summed E-state index contributed by atoms with van der Waals surface area (Å²) in [6.07, 6.45) is 0. The number of piperazine rings is 1. The van der Waals surface area contributed by atoms with Gasteiger partial charge in [0.1, 0.15) is 0 Å². The van der Waals surface area contributed by atoms with Crippen molar-refractivity contribution >= 4 is 53.1 Å². The van der Waals surface area contributed by atoms with Crippen LogP contribution in [-0.4, -0.2) is 68.1 Å². The van der Waals surface area contributed by atoms with Crippen LogP contribution in [0.2, 0.25) is 10.0 Å². The van der Waals surface area contributed by atoms with Crippen molar-refractivity contribution in [3.63, 3.8) is 0 Å². The molecule has 28 heavy (non-hydrogen) atoms. The van der Waals surface area contributed by atoms with Crippen LogP contribution in [0, 0.1) is 5.92 Å². The Bertz CT molecular complexity index is 619. The molecule has 0 radical (unpaired) electrons. The van der Waals surface area contributed by atoms with E-state index in [9.17, 15) is 0 Å². The molecule has 0 bridgehead atoms. The SMILES string of the molecule is CCNC(=NCc1ccc(Cl)cc1Cl)NCC(C(C)C)N1CCN(C)CC1.I. The molecule has 0 amide bonds. The third-order valence-corrected chi connectivity index (χ3v) is 5.61. The van der Waals surface area contributed by atoms with Gasteiger partial charge in [0.15, 0.2) is 5.96 Å². The Kier molecular flexibility index (Phi) is 12.1. The van der Waals surface area contributed by atoms with E-state index in [4.69, 9.17) is 28.2 Å². The van der Waals surface area contributed by atoms with Gasteiger partial charge in [-0.2, -0.15) is 0 Å². The first-order valence-electron chi connectivity index (χ1n) is 9.79. The Morgan fingerprint density at radius 2 is 1.82 bits per heavy atom. The Morgan fingerprint density at radius 3 is 2.39 bits per heavy atom. The van der Waals surface area contributed by atoms with Gasteiger partial charge >= 0.3 is 0 Å². The summed E-state index contributed by atoms with van der Waals surface area (Å²) in [4.78, 5) is 9.69. The number of guanidine groups is 1. The molecule has 160 valence electrons. The van der Waals surface area contributed by atoms with Crippen LogP contribution in [0.5, 0.6) is 0 Å². The van der Waals surface area contributed by atoms with Gasteiger partial charge in [-0.3, -0.25) is 4.90 Å². The molecule has 1 saturated heterocycles. The molecule has 1 atom stereocenters. The second-order valence-electron chi connectivity index (χ2n) is 7.46. The maximum absolute atomic E-state index is 6.27. The van der Waals surface area contributed by atoms with Crippen LogP contribution in [0.3, 0.4) is 0 Å². The molecule has 0 saturated carbocycles. The summed E-state index contributed by atoms with van der Waals surface area (Å²) in [5.74, 6) is 1.40. The number of likely N-dealkylation sites (N-methyl/N-ethyl adjacent to an activating group) is 1. The van der Waals surface area contributed by atoms with Gasteiger partial charge in [-0.1, -0.05) is 43.1 Å². The number of aliphatic imine (C=N–C) groups is 1. The van der Waals surface area contributed by atoms with Gasteiger partial charge < -0.3 is 15.5 Å². The first-order chi connectivity index (χ1) is 12.9. The Labute approximate surface area is 197 Å². The molecule has 5 nitrogen and oxygen atoms in total. The van der Waals surface area contributed by atoms with E-state index in [1.165, 1.54) is 0 Å². The van der Waals surface area contributed by atoms with Crippen LogP contribution in [0.15, 0.2) is 23.2 Å². The molecule has 8 heteroatoms. The monoisotopic (exact) mass is 541 g/mol. The minimum Gasteiger partial charge on any atom is -0.357 e. The quantitative estimate of drug-likeness (QED) is 0.312. The maximum atomic E-state index is 6.27. The summed E-state index contributed by atoms with van der Waals surface area (Å²) < 4.78 is 0. The highest BCUT2D eigenvalue weighted by Gasteiger charge is 2.25. The van der Waals surface area contributed by atoms with E-state index in [1.54, 1.807) is 6.07 Å². The molecule has 0 aliphatic carbocycles. The van der Waals surface area contributed by atoms with E-state index in [0.29, 0.717) is 28.5 Å². The number of hydrogen-bond acceptors (Lipinski definition) is 3. The highest BCUT2D eigenvalue weighted by Crippen LogP contribution is 2.21. The normalized spacial score (nSPS) is 17.3. The molecular formula is C20H34Cl2IN5. The fourth-order valence-corrected chi connectivity index (χ4v) is 3.77. The molecule has 1 aromatic carbocycles. The summed E-state index contributed by atoms with van der Waals surface area (Å²) in [5, 5.41) is 8.15. The highest BCUT2D eigenvalue weighted by molar-refractivity contribution is 14.0. The molecule has 1 unspecified atom stereocenters. The number of halogens is 3. The third-order valence-electron chi connectivity index (χ3n) is 5.02. The summed E-state index contributed by atoms with van der Waals surface area (Å²) >= 11 is 12.2. The first kappa shape index (κ1) is 25.8. The fourth-order valence-electron chi connectivity index (χ4n) is 3.30. The lowest BCUT2D eigenvalue weighted by Gasteiger charge is -2.40. The van der Waals surface area contributed by atoms with Gasteiger partial charge in [0.2, 0.25) is 0 Å². The lowest BCUT2D eigenvalue weighted by atomic mass is 10.0. The van der Waals surface area contributed by atoms with Crippen molar-refractivity contribution in [3.05, 3.63) is 33.8 Å². The smallest absolute Gasteiger partial charge is 0.191 e. The van der Waals surface area contributed by atoms with E-state index in [-0.39, 0.29) is 24.0 Å². The zero-order chi connectivity index (χ0) is 19.8.